The first-order chi connectivity index (χ1) is 30.4. The molecule has 4 aromatic carbocycles. The van der Waals surface area contributed by atoms with Gasteiger partial charge in [-0.2, -0.15) is 31.6 Å². The largest absolute Gasteiger partial charge is 0.475 e. The van der Waals surface area contributed by atoms with Gasteiger partial charge in [-0.1, -0.05) is 111 Å². The van der Waals surface area contributed by atoms with E-state index in [1.54, 1.807) is 48.5 Å². The minimum absolute atomic E-state index is 0.00311. The number of aryl methyl sites for hydroxylation is 4. The summed E-state index contributed by atoms with van der Waals surface area (Å²) in [6.45, 7) is 7.61. The van der Waals surface area contributed by atoms with Crippen LogP contribution in [0.25, 0.3) is 21.9 Å². The van der Waals surface area contributed by atoms with Crippen molar-refractivity contribution in [1.82, 2.24) is 10.3 Å². The minimum atomic E-state index is -4.65. The lowest BCUT2D eigenvalue weighted by atomic mass is 9.97. The molecule has 2 unspecified atom stereocenters. The summed E-state index contributed by atoms with van der Waals surface area (Å²) in [5.74, 6) is -0.0433. The van der Waals surface area contributed by atoms with Crippen molar-refractivity contribution in [2.45, 2.75) is 104 Å². The molecule has 2 N–H and O–H groups in total. The van der Waals surface area contributed by atoms with E-state index in [0.717, 1.165) is 0 Å². The number of hydrogen-bond donors (Lipinski definition) is 1. The number of alkyl halides is 8. The maximum Gasteiger partial charge on any atom is 0.437 e. The van der Waals surface area contributed by atoms with Crippen molar-refractivity contribution in [3.05, 3.63) is 115 Å². The number of hydrogen-bond acceptors (Lipinski definition) is 8. The van der Waals surface area contributed by atoms with E-state index in [9.17, 15) is 36.4 Å². The summed E-state index contributed by atoms with van der Waals surface area (Å²) < 4.78 is 103. The molecule has 9 nitrogen and oxygen atoms in total. The van der Waals surface area contributed by atoms with Gasteiger partial charge in [-0.3, -0.25) is 4.79 Å². The third-order valence-corrected chi connectivity index (χ3v) is 10.0. The molecule has 0 bridgehead atoms. The molecule has 0 aliphatic rings. The molecular formula is C45H44Cl4F6N4O5. The highest BCUT2D eigenvalue weighted by atomic mass is 35.5. The quantitative estimate of drug-likeness (QED) is 0.0793. The number of fused-ring (bicyclic) bond motifs is 2. The topological polar surface area (TPSA) is 137 Å². The molecule has 6 aromatic rings. The van der Waals surface area contributed by atoms with Crippen LogP contribution in [0.1, 0.15) is 110 Å². The van der Waals surface area contributed by atoms with Gasteiger partial charge in [-0.25, -0.2) is 0 Å². The molecule has 1 amide bonds. The van der Waals surface area contributed by atoms with Crippen LogP contribution in [0.5, 0.6) is 11.5 Å². The molecule has 19 heteroatoms. The normalized spacial score (nSPS) is 12.5. The van der Waals surface area contributed by atoms with E-state index >= 15 is 0 Å². The van der Waals surface area contributed by atoms with Gasteiger partial charge < -0.3 is 24.3 Å². The molecule has 0 saturated carbocycles. The third-order valence-electron chi connectivity index (χ3n) is 9.54. The number of carbonyl (C=O) groups is 1. The second kappa shape index (κ2) is 23.3. The van der Waals surface area contributed by atoms with Gasteiger partial charge in [0.05, 0.1) is 16.1 Å². The van der Waals surface area contributed by atoms with E-state index in [0.29, 0.717) is 106 Å². The van der Waals surface area contributed by atoms with Gasteiger partial charge in [0.1, 0.15) is 17.6 Å². The molecule has 0 spiro atoms. The van der Waals surface area contributed by atoms with Crippen molar-refractivity contribution in [3.63, 3.8) is 0 Å². The average molecular weight is 977 g/mol. The first-order valence-corrected chi connectivity index (χ1v) is 21.9. The molecule has 6 rings (SSSR count). The summed E-state index contributed by atoms with van der Waals surface area (Å²) in [4.78, 5) is 12.2. The van der Waals surface area contributed by atoms with Crippen LogP contribution in [-0.2, 0) is 42.8 Å². The standard InChI is InChI=1S/C22H22ClF3N2O3.C22H20ClF3N2O2.CH2Cl2/c1-3-5-13-11-16-19(31-28-20(16)22(24,25)26)15(6-4-2)17(13)30-18(21(27)29)12-7-9-14(23)10-8-12;1-3-5-14-11-17-20(30-28-21(17)22(24,25)26)16(6-4-2)19(14)29-18(12-27)13-7-9-15(23)10-8-13;2-1-3/h7-11,18H,3-6H2,1-2H3,(H2,27,29);7-11,18H,3-6H2,1-2H3;1H2. The summed E-state index contributed by atoms with van der Waals surface area (Å²) in [7, 11) is 0. The van der Waals surface area contributed by atoms with Crippen LogP contribution in [0.2, 0.25) is 10.0 Å². The van der Waals surface area contributed by atoms with Gasteiger partial charge in [0.15, 0.2) is 22.6 Å². The van der Waals surface area contributed by atoms with Gasteiger partial charge >= 0.3 is 12.4 Å². The summed E-state index contributed by atoms with van der Waals surface area (Å²) in [5.41, 5.74) is 6.66. The molecule has 2 heterocycles. The maximum absolute atomic E-state index is 13.4. The molecule has 344 valence electrons. The fourth-order valence-electron chi connectivity index (χ4n) is 6.91. The first-order valence-electron chi connectivity index (χ1n) is 20.1. The van der Waals surface area contributed by atoms with Crippen molar-refractivity contribution in [1.29, 1.82) is 5.26 Å². The Hall–Kier alpha value is -4.88. The predicted molar refractivity (Wildman–Crippen MR) is 235 cm³/mol. The number of rotatable bonds is 15. The van der Waals surface area contributed by atoms with Crippen molar-refractivity contribution in [3.8, 4) is 17.6 Å². The predicted octanol–water partition coefficient (Wildman–Crippen LogP) is 14.5. The lowest BCUT2D eigenvalue weighted by molar-refractivity contribution is -0.142. The Morgan fingerprint density at radius 1 is 0.688 bits per heavy atom. The van der Waals surface area contributed by atoms with Crippen LogP contribution >= 0.6 is 46.4 Å². The number of nitrogens with zero attached hydrogens (tertiary/aromatic N) is 3. The Bertz CT molecular complexity index is 2520. The van der Waals surface area contributed by atoms with E-state index in [1.807, 2.05) is 27.7 Å². The van der Waals surface area contributed by atoms with E-state index < -0.39 is 41.9 Å². The number of primary amides is 1. The number of nitriles is 1. The molecule has 0 aliphatic carbocycles. The van der Waals surface area contributed by atoms with Crippen LogP contribution in [-0.4, -0.2) is 21.6 Å². The number of benzene rings is 4. The van der Waals surface area contributed by atoms with Crippen molar-refractivity contribution >= 4 is 74.2 Å². The monoisotopic (exact) mass is 974 g/mol. The zero-order valence-corrected chi connectivity index (χ0v) is 38.1. The van der Waals surface area contributed by atoms with E-state index in [-0.39, 0.29) is 27.3 Å². The number of carbonyl (C=O) groups excluding carboxylic acids is 1. The third kappa shape index (κ3) is 12.7. The van der Waals surface area contributed by atoms with Crippen LogP contribution in [0.3, 0.4) is 0 Å². The molecule has 64 heavy (non-hydrogen) atoms. The zero-order valence-electron chi connectivity index (χ0n) is 35.0. The van der Waals surface area contributed by atoms with Crippen LogP contribution in [0.15, 0.2) is 69.7 Å². The number of amides is 1. The second-order valence-corrected chi connectivity index (χ2v) is 15.9. The van der Waals surface area contributed by atoms with Crippen LogP contribution in [0.4, 0.5) is 26.3 Å². The number of ether oxygens (including phenoxy) is 2. The highest BCUT2D eigenvalue weighted by Gasteiger charge is 2.40. The molecule has 2 aromatic heterocycles. The average Bonchev–Trinajstić information content (AvgIpc) is 3.88. The molecule has 2 atom stereocenters. The lowest BCUT2D eigenvalue weighted by Gasteiger charge is -2.22. The Morgan fingerprint density at radius 3 is 1.41 bits per heavy atom. The molecular weight excluding hydrogens is 932 g/mol. The van der Waals surface area contributed by atoms with Gasteiger partial charge in [-0.15, -0.1) is 23.2 Å². The molecule has 0 aliphatic heterocycles. The zero-order chi connectivity index (χ0) is 47.4. The smallest absolute Gasteiger partial charge is 0.437 e. The Morgan fingerprint density at radius 2 is 1.06 bits per heavy atom. The highest BCUT2D eigenvalue weighted by molar-refractivity contribution is 6.40. The van der Waals surface area contributed by atoms with Gasteiger partial charge in [0.2, 0.25) is 12.2 Å². The Labute approximate surface area is 385 Å². The van der Waals surface area contributed by atoms with Gasteiger partial charge in [-0.05, 0) is 73.2 Å². The molecule has 0 radical (unpaired) electrons. The van der Waals surface area contributed by atoms with Crippen molar-refractivity contribution < 1.29 is 49.7 Å². The Balaban J connectivity index is 0.000000265. The number of nitrogens with two attached hydrogens (primary N) is 1. The van der Waals surface area contributed by atoms with Gasteiger partial charge in [0.25, 0.3) is 5.91 Å². The fourth-order valence-corrected chi connectivity index (χ4v) is 7.16. The summed E-state index contributed by atoms with van der Waals surface area (Å²) in [5, 5.41) is 17.2. The summed E-state index contributed by atoms with van der Waals surface area (Å²) >= 11 is 21.4. The van der Waals surface area contributed by atoms with Crippen molar-refractivity contribution in [2.24, 2.45) is 5.73 Å². The molecule has 0 saturated heterocycles. The highest BCUT2D eigenvalue weighted by Crippen LogP contribution is 2.44. The van der Waals surface area contributed by atoms with Gasteiger partial charge in [0, 0.05) is 32.3 Å². The van der Waals surface area contributed by atoms with E-state index in [2.05, 4.69) is 16.4 Å². The van der Waals surface area contributed by atoms with E-state index in [1.165, 1.54) is 12.1 Å². The number of aromatic nitrogens is 2. The fraction of sp³-hybridized carbons (Fsp3) is 0.378. The van der Waals surface area contributed by atoms with Crippen molar-refractivity contribution in [2.75, 3.05) is 5.34 Å². The SMILES string of the molecule is CCCc1cc2c(C(F)(F)F)noc2c(CCC)c1OC(C#N)c1ccc(Cl)cc1.CCCc1cc2c(C(F)(F)F)noc2c(CCC)c1OC(C(N)=O)c1ccc(Cl)cc1.ClCCl. The summed E-state index contributed by atoms with van der Waals surface area (Å²) in [6, 6.07) is 18.0. The Kier molecular flexibility index (Phi) is 18.9. The van der Waals surface area contributed by atoms with E-state index in [4.69, 9.17) is 70.7 Å². The summed E-state index contributed by atoms with van der Waals surface area (Å²) in [6.07, 6.45) is -7.02. The minimum Gasteiger partial charge on any atom is -0.475 e. The molecule has 0 fully saturated rings. The maximum atomic E-state index is 13.4. The second-order valence-electron chi connectivity index (χ2n) is 14.2. The first kappa shape index (κ1) is 51.8. The number of halogens is 10. The van der Waals surface area contributed by atoms with Crippen LogP contribution < -0.4 is 15.2 Å². The van der Waals surface area contributed by atoms with Crippen LogP contribution in [0, 0.1) is 11.3 Å². The lowest BCUT2D eigenvalue weighted by Crippen LogP contribution is -2.26.